The fourth-order valence-corrected chi connectivity index (χ4v) is 2.30. The number of carboxylic acids is 1. The molecule has 1 aliphatic heterocycles. The van der Waals surface area contributed by atoms with Gasteiger partial charge in [0.25, 0.3) is 0 Å². The second-order valence-electron chi connectivity index (χ2n) is 4.85. The summed E-state index contributed by atoms with van der Waals surface area (Å²) in [6.07, 6.45) is 2.67. The van der Waals surface area contributed by atoms with Crippen LogP contribution in [0.1, 0.15) is 29.6 Å². The molecule has 108 valence electrons. The molecular formula is C14H18N2O4. The fourth-order valence-electron chi connectivity index (χ4n) is 2.30. The van der Waals surface area contributed by atoms with E-state index in [2.05, 4.69) is 10.2 Å². The molecule has 3 N–H and O–H groups in total. The fraction of sp³-hybridized carbons (Fsp3) is 0.429. The molecule has 0 spiro atoms. The number of benzene rings is 1. The number of rotatable bonds is 5. The molecule has 0 saturated carbocycles. The first-order valence-electron chi connectivity index (χ1n) is 6.65. The van der Waals surface area contributed by atoms with E-state index < -0.39 is 11.7 Å². The van der Waals surface area contributed by atoms with Crippen LogP contribution in [0.2, 0.25) is 0 Å². The first-order valence-corrected chi connectivity index (χ1v) is 6.65. The predicted molar refractivity (Wildman–Crippen MR) is 74.0 cm³/mol. The first-order chi connectivity index (χ1) is 9.58. The van der Waals surface area contributed by atoms with E-state index in [9.17, 15) is 14.7 Å². The van der Waals surface area contributed by atoms with Gasteiger partial charge >= 0.3 is 5.97 Å². The second kappa shape index (κ2) is 6.38. The third-order valence-corrected chi connectivity index (χ3v) is 3.39. The molecule has 1 saturated heterocycles. The van der Waals surface area contributed by atoms with Crippen LogP contribution in [-0.4, -0.2) is 46.6 Å². The molecule has 0 bridgehead atoms. The number of carbonyl (C=O) groups excluding carboxylic acids is 1. The molecule has 20 heavy (non-hydrogen) atoms. The Hall–Kier alpha value is -2.08. The minimum atomic E-state index is -1.23. The first kappa shape index (κ1) is 14.3. The van der Waals surface area contributed by atoms with Gasteiger partial charge < -0.3 is 20.4 Å². The quantitative estimate of drug-likeness (QED) is 0.710. The van der Waals surface area contributed by atoms with Gasteiger partial charge in [0.2, 0.25) is 5.91 Å². The van der Waals surface area contributed by atoms with Crippen molar-refractivity contribution in [3.8, 4) is 5.75 Å². The Labute approximate surface area is 117 Å². The lowest BCUT2D eigenvalue weighted by Crippen LogP contribution is -2.25. The number of nitrogens with one attached hydrogen (secondary N) is 1. The third kappa shape index (κ3) is 3.48. The van der Waals surface area contributed by atoms with Gasteiger partial charge in [-0.2, -0.15) is 0 Å². The monoisotopic (exact) mass is 278 g/mol. The number of anilines is 1. The second-order valence-corrected chi connectivity index (χ2v) is 4.85. The number of para-hydroxylation sites is 1. The summed E-state index contributed by atoms with van der Waals surface area (Å²) in [5.74, 6) is -1.86. The minimum absolute atomic E-state index is 0.135. The molecule has 2 rings (SSSR count). The molecule has 1 heterocycles. The average molecular weight is 278 g/mol. The van der Waals surface area contributed by atoms with Gasteiger partial charge in [0.05, 0.1) is 5.69 Å². The molecule has 0 unspecified atom stereocenters. The predicted octanol–water partition coefficient (Wildman–Crippen LogP) is 1.51. The number of nitrogens with zero attached hydrogens (tertiary/aromatic N) is 1. The van der Waals surface area contributed by atoms with E-state index in [1.165, 1.54) is 31.0 Å². The lowest BCUT2D eigenvalue weighted by molar-refractivity contribution is -0.116. The van der Waals surface area contributed by atoms with Gasteiger partial charge in [-0.05, 0) is 38.1 Å². The molecule has 1 aromatic rings. The van der Waals surface area contributed by atoms with Gasteiger partial charge in [-0.3, -0.25) is 4.79 Å². The van der Waals surface area contributed by atoms with E-state index >= 15 is 0 Å². The molecule has 1 aromatic carbocycles. The van der Waals surface area contributed by atoms with Crippen LogP contribution in [0.25, 0.3) is 0 Å². The van der Waals surface area contributed by atoms with Crippen molar-refractivity contribution in [3.05, 3.63) is 23.8 Å². The molecule has 1 amide bonds. The van der Waals surface area contributed by atoms with Crippen molar-refractivity contribution in [2.45, 2.75) is 19.3 Å². The number of hydrogen-bond acceptors (Lipinski definition) is 4. The summed E-state index contributed by atoms with van der Waals surface area (Å²) < 4.78 is 0. The standard InChI is InChI=1S/C14H18N2O4/c17-12(6-9-16-7-1-2-8-16)15-11-5-3-4-10(13(11)18)14(19)20/h3-5,18H,1-2,6-9H2,(H,15,17)(H,19,20). The van der Waals surface area contributed by atoms with Gasteiger partial charge in [-0.1, -0.05) is 6.07 Å². The van der Waals surface area contributed by atoms with E-state index in [1.54, 1.807) is 0 Å². The number of aromatic hydroxyl groups is 1. The number of carboxylic acid groups (broad SMARTS) is 1. The number of hydrogen-bond donors (Lipinski definition) is 3. The molecule has 0 radical (unpaired) electrons. The number of amides is 1. The SMILES string of the molecule is O=C(CCN1CCCC1)Nc1cccc(C(=O)O)c1O. The third-order valence-electron chi connectivity index (χ3n) is 3.39. The summed E-state index contributed by atoms with van der Waals surface area (Å²) in [6, 6.07) is 4.26. The van der Waals surface area contributed by atoms with Crippen molar-refractivity contribution in [3.63, 3.8) is 0 Å². The van der Waals surface area contributed by atoms with Crippen LogP contribution in [0, 0.1) is 0 Å². The Bertz CT molecular complexity index is 510. The van der Waals surface area contributed by atoms with Crippen molar-refractivity contribution < 1.29 is 19.8 Å². The highest BCUT2D eigenvalue weighted by Gasteiger charge is 2.16. The topological polar surface area (TPSA) is 89.9 Å². The maximum absolute atomic E-state index is 11.8. The van der Waals surface area contributed by atoms with Crippen molar-refractivity contribution >= 4 is 17.6 Å². The molecule has 6 nitrogen and oxygen atoms in total. The normalized spacial score (nSPS) is 15.2. The Kier molecular flexibility index (Phi) is 4.57. The Morgan fingerprint density at radius 2 is 1.95 bits per heavy atom. The van der Waals surface area contributed by atoms with E-state index in [-0.39, 0.29) is 17.2 Å². The van der Waals surface area contributed by atoms with Crippen LogP contribution in [0.3, 0.4) is 0 Å². The van der Waals surface area contributed by atoms with Crippen LogP contribution >= 0.6 is 0 Å². The van der Waals surface area contributed by atoms with Gasteiger partial charge in [0.1, 0.15) is 5.56 Å². The van der Waals surface area contributed by atoms with Crippen molar-refractivity contribution in [1.29, 1.82) is 0 Å². The molecule has 0 aliphatic carbocycles. The molecule has 6 heteroatoms. The Morgan fingerprint density at radius 3 is 2.60 bits per heavy atom. The summed E-state index contributed by atoms with van der Waals surface area (Å²) in [5.41, 5.74) is -0.0846. The van der Waals surface area contributed by atoms with Crippen LogP contribution < -0.4 is 5.32 Å². The largest absolute Gasteiger partial charge is 0.505 e. The molecule has 1 fully saturated rings. The number of likely N-dealkylation sites (tertiary alicyclic amines) is 1. The molecule has 0 atom stereocenters. The molecule has 1 aliphatic rings. The Morgan fingerprint density at radius 1 is 1.25 bits per heavy atom. The van der Waals surface area contributed by atoms with Crippen LogP contribution in [0.4, 0.5) is 5.69 Å². The number of phenols is 1. The highest BCUT2D eigenvalue weighted by Crippen LogP contribution is 2.27. The molecule has 0 aromatic heterocycles. The smallest absolute Gasteiger partial charge is 0.339 e. The maximum atomic E-state index is 11.8. The summed E-state index contributed by atoms with van der Waals surface area (Å²) in [5, 5.41) is 21.2. The summed E-state index contributed by atoms with van der Waals surface area (Å²) in [6.45, 7) is 2.73. The van der Waals surface area contributed by atoms with Gasteiger partial charge in [-0.15, -0.1) is 0 Å². The average Bonchev–Trinajstić information content (AvgIpc) is 2.91. The van der Waals surface area contributed by atoms with Crippen molar-refractivity contribution in [2.75, 3.05) is 25.0 Å². The lowest BCUT2D eigenvalue weighted by atomic mass is 10.1. The van der Waals surface area contributed by atoms with Crippen LogP contribution in [0.15, 0.2) is 18.2 Å². The van der Waals surface area contributed by atoms with Gasteiger partial charge in [0.15, 0.2) is 5.75 Å². The summed E-state index contributed by atoms with van der Waals surface area (Å²) in [4.78, 5) is 24.9. The number of aromatic carboxylic acids is 1. The zero-order valence-electron chi connectivity index (χ0n) is 11.1. The molecular weight excluding hydrogens is 260 g/mol. The maximum Gasteiger partial charge on any atom is 0.339 e. The van der Waals surface area contributed by atoms with E-state index in [0.29, 0.717) is 13.0 Å². The van der Waals surface area contributed by atoms with Gasteiger partial charge in [-0.25, -0.2) is 4.79 Å². The minimum Gasteiger partial charge on any atom is -0.505 e. The highest BCUT2D eigenvalue weighted by atomic mass is 16.4. The van der Waals surface area contributed by atoms with Gasteiger partial charge in [0, 0.05) is 13.0 Å². The Balaban J connectivity index is 1.93. The van der Waals surface area contributed by atoms with Crippen molar-refractivity contribution in [1.82, 2.24) is 4.90 Å². The van der Waals surface area contributed by atoms with Crippen molar-refractivity contribution in [2.24, 2.45) is 0 Å². The summed E-state index contributed by atoms with van der Waals surface area (Å²) >= 11 is 0. The lowest BCUT2D eigenvalue weighted by Gasteiger charge is -2.14. The van der Waals surface area contributed by atoms with E-state index in [0.717, 1.165) is 13.1 Å². The van der Waals surface area contributed by atoms with Crippen LogP contribution in [-0.2, 0) is 4.79 Å². The summed E-state index contributed by atoms with van der Waals surface area (Å²) in [7, 11) is 0. The zero-order valence-corrected chi connectivity index (χ0v) is 11.1. The van der Waals surface area contributed by atoms with Crippen LogP contribution in [0.5, 0.6) is 5.75 Å². The van der Waals surface area contributed by atoms with E-state index in [1.807, 2.05) is 0 Å². The van der Waals surface area contributed by atoms with E-state index in [4.69, 9.17) is 5.11 Å². The zero-order chi connectivity index (χ0) is 14.5. The highest BCUT2D eigenvalue weighted by molar-refractivity contribution is 5.97. The number of carbonyl (C=O) groups is 2.